The SMILES string of the molecule is C[C@H](CN1CCC(C(=O)c2ccccc2)CC1)[C@H]1CC[C@H]2[C@@H]3CC=C4CC(O)CC[C@]4(C)[C@H]3CC[C@]12C. The Balaban J connectivity index is 1.08. The van der Waals surface area contributed by atoms with Crippen LogP contribution in [0.2, 0.25) is 0 Å². The highest BCUT2D eigenvalue weighted by Crippen LogP contribution is 2.67. The zero-order valence-electron chi connectivity index (χ0n) is 23.5. The van der Waals surface area contributed by atoms with Crippen LogP contribution in [0.1, 0.15) is 95.3 Å². The lowest BCUT2D eigenvalue weighted by Gasteiger charge is -2.58. The first kappa shape index (κ1) is 25.8. The highest BCUT2D eigenvalue weighted by molar-refractivity contribution is 5.97. The van der Waals surface area contributed by atoms with Gasteiger partial charge in [-0.2, -0.15) is 0 Å². The Labute approximate surface area is 225 Å². The highest BCUT2D eigenvalue weighted by atomic mass is 16.3. The molecule has 1 saturated heterocycles. The molecule has 6 rings (SSSR count). The van der Waals surface area contributed by atoms with Gasteiger partial charge in [0.1, 0.15) is 0 Å². The van der Waals surface area contributed by atoms with Gasteiger partial charge in [0.25, 0.3) is 0 Å². The van der Waals surface area contributed by atoms with Crippen molar-refractivity contribution in [2.45, 2.75) is 91.1 Å². The van der Waals surface area contributed by atoms with E-state index in [2.05, 4.69) is 31.7 Å². The molecule has 4 aliphatic carbocycles. The van der Waals surface area contributed by atoms with Gasteiger partial charge in [0.15, 0.2) is 5.78 Å². The third-order valence-corrected chi connectivity index (χ3v) is 12.4. The molecule has 3 saturated carbocycles. The first-order valence-electron chi connectivity index (χ1n) is 15.5. The summed E-state index contributed by atoms with van der Waals surface area (Å²) in [6.07, 6.45) is 14.5. The smallest absolute Gasteiger partial charge is 0.166 e. The summed E-state index contributed by atoms with van der Waals surface area (Å²) in [5.74, 6) is 4.64. The van der Waals surface area contributed by atoms with Gasteiger partial charge in [-0.25, -0.2) is 0 Å². The third kappa shape index (κ3) is 4.46. The lowest BCUT2D eigenvalue weighted by atomic mass is 9.47. The summed E-state index contributed by atoms with van der Waals surface area (Å²) >= 11 is 0. The average Bonchev–Trinajstić information content (AvgIpc) is 3.27. The second-order valence-corrected chi connectivity index (χ2v) is 14.2. The van der Waals surface area contributed by atoms with Crippen molar-refractivity contribution in [2.75, 3.05) is 19.6 Å². The van der Waals surface area contributed by atoms with Crippen LogP contribution in [0.3, 0.4) is 0 Å². The van der Waals surface area contributed by atoms with Crippen LogP contribution < -0.4 is 0 Å². The Bertz CT molecular complexity index is 1010. The number of carbonyl (C=O) groups excluding carboxylic acids is 1. The van der Waals surface area contributed by atoms with E-state index in [1.807, 2.05) is 30.3 Å². The Morgan fingerprint density at radius 3 is 2.51 bits per heavy atom. The van der Waals surface area contributed by atoms with Gasteiger partial charge in [-0.15, -0.1) is 0 Å². The van der Waals surface area contributed by atoms with Crippen molar-refractivity contribution in [1.29, 1.82) is 0 Å². The van der Waals surface area contributed by atoms with E-state index < -0.39 is 0 Å². The number of hydrogen-bond donors (Lipinski definition) is 1. The Kier molecular flexibility index (Phi) is 6.93. The predicted octanol–water partition coefficient (Wildman–Crippen LogP) is 7.16. The van der Waals surface area contributed by atoms with Crippen LogP contribution in [-0.4, -0.2) is 41.5 Å². The van der Waals surface area contributed by atoms with Crippen molar-refractivity contribution in [3.63, 3.8) is 0 Å². The predicted molar refractivity (Wildman–Crippen MR) is 150 cm³/mol. The largest absolute Gasteiger partial charge is 0.393 e. The van der Waals surface area contributed by atoms with Crippen molar-refractivity contribution >= 4 is 5.78 Å². The molecule has 0 amide bonds. The van der Waals surface area contributed by atoms with E-state index in [0.717, 1.165) is 73.9 Å². The minimum atomic E-state index is -0.108. The summed E-state index contributed by atoms with van der Waals surface area (Å²) in [5, 5.41) is 10.3. The van der Waals surface area contributed by atoms with E-state index in [1.54, 1.807) is 5.57 Å². The second-order valence-electron chi connectivity index (χ2n) is 14.2. The molecule has 1 unspecified atom stereocenters. The van der Waals surface area contributed by atoms with Gasteiger partial charge < -0.3 is 10.0 Å². The summed E-state index contributed by atoms with van der Waals surface area (Å²) in [6.45, 7) is 11.1. The number of benzene rings is 1. The number of likely N-dealkylation sites (tertiary alicyclic amines) is 1. The number of hydrogen-bond acceptors (Lipinski definition) is 3. The Morgan fingerprint density at radius 2 is 1.76 bits per heavy atom. The number of carbonyl (C=O) groups is 1. The number of Topliss-reactive ketones (excluding diaryl/α,β-unsaturated/α-hetero) is 1. The monoisotopic (exact) mass is 503 g/mol. The Hall–Kier alpha value is -1.45. The van der Waals surface area contributed by atoms with Gasteiger partial charge in [0.05, 0.1) is 6.10 Å². The zero-order valence-corrected chi connectivity index (χ0v) is 23.5. The number of piperidine rings is 1. The van der Waals surface area contributed by atoms with Crippen molar-refractivity contribution in [3.05, 3.63) is 47.5 Å². The van der Waals surface area contributed by atoms with Crippen LogP contribution in [0.5, 0.6) is 0 Å². The topological polar surface area (TPSA) is 40.5 Å². The number of rotatable bonds is 5. The highest BCUT2D eigenvalue weighted by Gasteiger charge is 2.59. The summed E-state index contributed by atoms with van der Waals surface area (Å²) in [5.41, 5.74) is 3.30. The van der Waals surface area contributed by atoms with Gasteiger partial charge in [0.2, 0.25) is 0 Å². The normalized spacial score (nSPS) is 41.3. The fraction of sp³-hybridized carbons (Fsp3) is 0.735. The van der Waals surface area contributed by atoms with Crippen LogP contribution in [0.25, 0.3) is 0 Å². The number of nitrogens with zero attached hydrogens (tertiary/aromatic N) is 1. The van der Waals surface area contributed by atoms with Crippen LogP contribution >= 0.6 is 0 Å². The fourth-order valence-electron chi connectivity index (χ4n) is 10.4. The molecule has 5 aliphatic rings. The number of fused-ring (bicyclic) bond motifs is 5. The number of ketones is 1. The van der Waals surface area contributed by atoms with Gasteiger partial charge >= 0.3 is 0 Å². The van der Waals surface area contributed by atoms with E-state index in [-0.39, 0.29) is 12.0 Å². The van der Waals surface area contributed by atoms with E-state index in [1.165, 1.54) is 45.1 Å². The average molecular weight is 504 g/mol. The summed E-state index contributed by atoms with van der Waals surface area (Å²) in [4.78, 5) is 15.6. The quantitative estimate of drug-likeness (QED) is 0.342. The molecule has 0 spiro atoms. The lowest BCUT2D eigenvalue weighted by Crippen LogP contribution is -2.51. The summed E-state index contributed by atoms with van der Waals surface area (Å²) in [6, 6.07) is 9.91. The maximum Gasteiger partial charge on any atom is 0.166 e. The minimum Gasteiger partial charge on any atom is -0.393 e. The number of allylic oxidation sites excluding steroid dienone is 1. The molecule has 1 heterocycles. The van der Waals surface area contributed by atoms with Crippen molar-refractivity contribution in [1.82, 2.24) is 4.90 Å². The van der Waals surface area contributed by atoms with E-state index in [0.29, 0.717) is 16.6 Å². The molecule has 3 heteroatoms. The molecule has 1 aromatic carbocycles. The Morgan fingerprint density at radius 1 is 1.00 bits per heavy atom. The molecule has 0 bridgehead atoms. The second kappa shape index (κ2) is 9.94. The zero-order chi connectivity index (χ0) is 25.8. The first-order chi connectivity index (χ1) is 17.8. The fourth-order valence-corrected chi connectivity index (χ4v) is 10.4. The molecule has 1 N–H and O–H groups in total. The maximum atomic E-state index is 12.9. The molecule has 3 nitrogen and oxygen atoms in total. The molecular weight excluding hydrogens is 454 g/mol. The van der Waals surface area contributed by atoms with Crippen molar-refractivity contribution < 1.29 is 9.90 Å². The van der Waals surface area contributed by atoms with Crippen LogP contribution in [0, 0.1) is 46.3 Å². The standard InChI is InChI=1S/C34H49NO2/c1-23(22-35-19-15-25(16-20-35)32(37)24-7-5-4-6-8-24)29-11-12-30-28-10-9-26-21-27(36)13-17-33(26,2)31(28)14-18-34(29,30)3/h4-9,23,25,27-31,36H,10-22H2,1-3H3/t23-,27?,28+,29-,30+,31+,33+,34-/m1/s1. The maximum absolute atomic E-state index is 12.9. The van der Waals surface area contributed by atoms with Crippen LogP contribution in [0.4, 0.5) is 0 Å². The minimum absolute atomic E-state index is 0.108. The molecule has 37 heavy (non-hydrogen) atoms. The van der Waals surface area contributed by atoms with Gasteiger partial charge in [-0.3, -0.25) is 4.79 Å². The molecule has 0 radical (unpaired) electrons. The molecule has 202 valence electrons. The van der Waals surface area contributed by atoms with Gasteiger partial charge in [-0.1, -0.05) is 62.8 Å². The molecule has 1 aliphatic heterocycles. The first-order valence-corrected chi connectivity index (χ1v) is 15.5. The lowest BCUT2D eigenvalue weighted by molar-refractivity contribution is -0.0588. The molecule has 8 atom stereocenters. The van der Waals surface area contributed by atoms with Crippen molar-refractivity contribution in [2.24, 2.45) is 46.3 Å². The van der Waals surface area contributed by atoms with E-state index in [4.69, 9.17) is 0 Å². The van der Waals surface area contributed by atoms with E-state index in [9.17, 15) is 9.90 Å². The van der Waals surface area contributed by atoms with Gasteiger partial charge in [0, 0.05) is 18.0 Å². The number of aliphatic hydroxyl groups excluding tert-OH is 1. The van der Waals surface area contributed by atoms with Crippen LogP contribution in [-0.2, 0) is 0 Å². The third-order valence-electron chi connectivity index (χ3n) is 12.4. The van der Waals surface area contributed by atoms with Crippen LogP contribution in [0.15, 0.2) is 42.0 Å². The summed E-state index contributed by atoms with van der Waals surface area (Å²) < 4.78 is 0. The number of aliphatic hydroxyl groups is 1. The molecule has 1 aromatic rings. The van der Waals surface area contributed by atoms with Gasteiger partial charge in [-0.05, 0) is 118 Å². The molecule has 0 aromatic heterocycles. The van der Waals surface area contributed by atoms with Crippen molar-refractivity contribution in [3.8, 4) is 0 Å². The molecular formula is C34H49NO2. The molecule has 4 fully saturated rings. The van der Waals surface area contributed by atoms with E-state index >= 15 is 0 Å². The summed E-state index contributed by atoms with van der Waals surface area (Å²) in [7, 11) is 0.